The second kappa shape index (κ2) is 8.23. The van der Waals surface area contributed by atoms with Crippen LogP contribution in [0, 0.1) is 5.92 Å². The van der Waals surface area contributed by atoms with E-state index >= 15 is 0 Å². The lowest BCUT2D eigenvalue weighted by molar-refractivity contribution is 0.0892. The van der Waals surface area contributed by atoms with E-state index in [1.165, 1.54) is 5.56 Å². The van der Waals surface area contributed by atoms with Gasteiger partial charge in [-0.25, -0.2) is 0 Å². The lowest BCUT2D eigenvalue weighted by atomic mass is 9.78. The van der Waals surface area contributed by atoms with E-state index in [4.69, 9.17) is 10.3 Å². The summed E-state index contributed by atoms with van der Waals surface area (Å²) < 4.78 is 5.31. The minimum Gasteiger partial charge on any atom is -0.360 e. The number of benzene rings is 1. The van der Waals surface area contributed by atoms with Crippen LogP contribution in [0.15, 0.2) is 40.9 Å². The predicted octanol–water partition coefficient (Wildman–Crippen LogP) is 3.44. The number of hydrogen-bond acceptors (Lipinski definition) is 4. The summed E-state index contributed by atoms with van der Waals surface area (Å²) in [6.45, 7) is 0. The molecule has 0 spiro atoms. The number of carbonyl (C=O) groups is 1. The Bertz CT molecular complexity index is 730. The van der Waals surface area contributed by atoms with Gasteiger partial charge in [-0.2, -0.15) is 0 Å². The summed E-state index contributed by atoms with van der Waals surface area (Å²) in [4.78, 5) is 12.6. The van der Waals surface area contributed by atoms with Gasteiger partial charge in [-0.3, -0.25) is 4.79 Å². The van der Waals surface area contributed by atoms with Crippen molar-refractivity contribution in [2.45, 2.75) is 56.5 Å². The molecule has 5 nitrogen and oxygen atoms in total. The fraction of sp³-hybridized carbons (Fsp3) is 0.500. The normalized spacial score (nSPS) is 25.3. The number of amides is 1. The Morgan fingerprint density at radius 2 is 1.96 bits per heavy atom. The molecule has 1 aromatic heterocycles. The third-order valence-electron chi connectivity index (χ3n) is 5.42. The van der Waals surface area contributed by atoms with Gasteiger partial charge in [-0.1, -0.05) is 35.5 Å². The van der Waals surface area contributed by atoms with Gasteiger partial charge in [0, 0.05) is 24.1 Å². The van der Waals surface area contributed by atoms with Gasteiger partial charge in [0.1, 0.15) is 5.76 Å². The van der Waals surface area contributed by atoms with E-state index in [0.717, 1.165) is 44.3 Å². The first-order chi connectivity index (χ1) is 12.2. The van der Waals surface area contributed by atoms with Crippen LogP contribution in [0.1, 0.15) is 59.8 Å². The Morgan fingerprint density at radius 1 is 1.19 bits per heavy atom. The van der Waals surface area contributed by atoms with Crippen LogP contribution in [-0.2, 0) is 6.42 Å². The van der Waals surface area contributed by atoms with Crippen LogP contribution in [0.3, 0.4) is 0 Å². The fourth-order valence-electron chi connectivity index (χ4n) is 3.83. The Balaban J connectivity index is 0.00000196. The molecule has 1 aromatic carbocycles. The topological polar surface area (TPSA) is 81.1 Å². The molecular formula is C20H26ClN3O2. The van der Waals surface area contributed by atoms with Crippen molar-refractivity contribution in [1.29, 1.82) is 0 Å². The molecule has 140 valence electrons. The van der Waals surface area contributed by atoms with Crippen LogP contribution >= 0.6 is 12.4 Å². The van der Waals surface area contributed by atoms with Crippen molar-refractivity contribution < 1.29 is 9.32 Å². The lowest BCUT2D eigenvalue weighted by Crippen LogP contribution is -2.47. The molecule has 0 bridgehead atoms. The van der Waals surface area contributed by atoms with Gasteiger partial charge in [0.15, 0.2) is 5.69 Å². The van der Waals surface area contributed by atoms with Gasteiger partial charge in [0.2, 0.25) is 0 Å². The van der Waals surface area contributed by atoms with Gasteiger partial charge in [0.25, 0.3) is 5.91 Å². The quantitative estimate of drug-likeness (QED) is 0.838. The van der Waals surface area contributed by atoms with E-state index in [1.54, 1.807) is 6.07 Å². The van der Waals surface area contributed by atoms with Crippen molar-refractivity contribution >= 4 is 18.3 Å². The number of aromatic nitrogens is 1. The summed E-state index contributed by atoms with van der Waals surface area (Å²) in [7, 11) is 0. The van der Waals surface area contributed by atoms with Crippen LogP contribution in [-0.4, -0.2) is 23.1 Å². The monoisotopic (exact) mass is 375 g/mol. The number of nitrogens with two attached hydrogens (primary N) is 1. The molecule has 0 radical (unpaired) electrons. The highest BCUT2D eigenvalue weighted by Crippen LogP contribution is 2.40. The minimum absolute atomic E-state index is 0. The second-order valence-corrected chi connectivity index (χ2v) is 7.49. The van der Waals surface area contributed by atoms with E-state index in [9.17, 15) is 4.79 Å². The Labute approximate surface area is 160 Å². The van der Waals surface area contributed by atoms with Gasteiger partial charge in [0.05, 0.1) is 0 Å². The molecule has 0 unspecified atom stereocenters. The third-order valence-corrected chi connectivity index (χ3v) is 5.42. The Kier molecular flexibility index (Phi) is 5.99. The zero-order valence-electron chi connectivity index (χ0n) is 14.8. The fourth-order valence-corrected chi connectivity index (χ4v) is 3.83. The molecule has 2 saturated carbocycles. The average Bonchev–Trinajstić information content (AvgIpc) is 3.35. The molecule has 0 saturated heterocycles. The first-order valence-corrected chi connectivity index (χ1v) is 9.26. The maximum Gasteiger partial charge on any atom is 0.273 e. The number of rotatable bonds is 5. The molecule has 2 aliphatic rings. The first kappa shape index (κ1) is 18.9. The van der Waals surface area contributed by atoms with Crippen LogP contribution in [0.4, 0.5) is 0 Å². The largest absolute Gasteiger partial charge is 0.360 e. The molecule has 2 aliphatic carbocycles. The molecule has 4 rings (SSSR count). The molecule has 1 amide bonds. The standard InChI is InChI=1S/C20H25N3O2.ClH/c21-16-8-9-17(15(11-16)10-13-4-2-1-3-5-13)22-20(24)18-12-19(25-23-18)14-6-7-14;/h1-5,12,14-17H,6-11,21H2,(H,22,24);1H/t15-,16+,17+;/m1./s1. The van der Waals surface area contributed by atoms with E-state index in [2.05, 4.69) is 34.7 Å². The highest BCUT2D eigenvalue weighted by molar-refractivity contribution is 5.92. The van der Waals surface area contributed by atoms with Crippen LogP contribution in [0.5, 0.6) is 0 Å². The second-order valence-electron chi connectivity index (χ2n) is 7.49. The zero-order valence-corrected chi connectivity index (χ0v) is 15.6. The van der Waals surface area contributed by atoms with Gasteiger partial charge in [-0.05, 0) is 50.0 Å². The maximum absolute atomic E-state index is 12.6. The number of nitrogens with one attached hydrogen (secondary N) is 1. The molecule has 1 heterocycles. The third kappa shape index (κ3) is 4.46. The number of hydrogen-bond donors (Lipinski definition) is 2. The van der Waals surface area contributed by atoms with Gasteiger partial charge in [-0.15, -0.1) is 12.4 Å². The highest BCUT2D eigenvalue weighted by Gasteiger charge is 2.32. The summed E-state index contributed by atoms with van der Waals surface area (Å²) >= 11 is 0. The van der Waals surface area contributed by atoms with Crippen LogP contribution in [0.2, 0.25) is 0 Å². The summed E-state index contributed by atoms with van der Waals surface area (Å²) in [5.74, 6) is 1.53. The smallest absolute Gasteiger partial charge is 0.273 e. The van der Waals surface area contributed by atoms with Crippen molar-refractivity contribution in [2.75, 3.05) is 0 Å². The van der Waals surface area contributed by atoms with E-state index in [-0.39, 0.29) is 30.4 Å². The number of nitrogens with zero attached hydrogens (tertiary/aromatic N) is 1. The summed E-state index contributed by atoms with van der Waals surface area (Å²) in [5, 5.41) is 7.14. The van der Waals surface area contributed by atoms with Crippen molar-refractivity contribution in [2.24, 2.45) is 11.7 Å². The summed E-state index contributed by atoms with van der Waals surface area (Å²) in [6, 6.07) is 12.6. The molecule has 0 aliphatic heterocycles. The molecule has 3 atom stereocenters. The summed E-state index contributed by atoms with van der Waals surface area (Å²) in [6.07, 6.45) is 6.00. The number of carbonyl (C=O) groups excluding carboxylic acids is 1. The molecule has 6 heteroatoms. The van der Waals surface area contributed by atoms with E-state index in [0.29, 0.717) is 17.5 Å². The molecule has 26 heavy (non-hydrogen) atoms. The number of halogens is 1. The molecule has 3 N–H and O–H groups in total. The molecule has 2 fully saturated rings. The molecular weight excluding hydrogens is 350 g/mol. The van der Waals surface area contributed by atoms with Gasteiger partial charge < -0.3 is 15.6 Å². The van der Waals surface area contributed by atoms with Crippen LogP contribution < -0.4 is 11.1 Å². The highest BCUT2D eigenvalue weighted by atomic mass is 35.5. The van der Waals surface area contributed by atoms with Crippen molar-refractivity contribution in [3.8, 4) is 0 Å². The van der Waals surface area contributed by atoms with E-state index < -0.39 is 0 Å². The van der Waals surface area contributed by atoms with Crippen molar-refractivity contribution in [3.63, 3.8) is 0 Å². The Hall–Kier alpha value is -1.85. The van der Waals surface area contributed by atoms with E-state index in [1.807, 2.05) is 6.07 Å². The zero-order chi connectivity index (χ0) is 17.2. The van der Waals surface area contributed by atoms with Gasteiger partial charge >= 0.3 is 0 Å². The van der Waals surface area contributed by atoms with Crippen molar-refractivity contribution in [1.82, 2.24) is 10.5 Å². The minimum atomic E-state index is -0.130. The Morgan fingerprint density at radius 3 is 2.69 bits per heavy atom. The predicted molar refractivity (Wildman–Crippen MR) is 102 cm³/mol. The van der Waals surface area contributed by atoms with Crippen LogP contribution in [0.25, 0.3) is 0 Å². The van der Waals surface area contributed by atoms with Crippen molar-refractivity contribution in [3.05, 3.63) is 53.4 Å². The maximum atomic E-state index is 12.6. The summed E-state index contributed by atoms with van der Waals surface area (Å²) in [5.41, 5.74) is 7.87. The lowest BCUT2D eigenvalue weighted by Gasteiger charge is -2.35. The first-order valence-electron chi connectivity index (χ1n) is 9.26. The molecule has 2 aromatic rings. The SMILES string of the molecule is Cl.N[C@H]1CC[C@H](NC(=O)c2cc(C3CC3)on2)[C@H](Cc2ccccc2)C1. The average molecular weight is 376 g/mol.